The molecule has 0 aliphatic carbocycles. The van der Waals surface area contributed by atoms with Gasteiger partial charge in [0.2, 0.25) is 5.91 Å². The molecule has 3 aromatic rings. The number of nitrogens with one attached hydrogen (secondary N) is 1. The minimum Gasteiger partial charge on any atom is -0.493 e. The Kier molecular flexibility index (Phi) is 7.73. The first-order chi connectivity index (χ1) is 14.7. The number of ether oxygens (including phenoxy) is 2. The third-order valence-electron chi connectivity index (χ3n) is 4.55. The molecule has 0 aliphatic heterocycles. The van der Waals surface area contributed by atoms with Crippen LogP contribution in [0.3, 0.4) is 0 Å². The number of methoxy groups -OCH3 is 2. The summed E-state index contributed by atoms with van der Waals surface area (Å²) in [5.74, 6) is 2.49. The number of aryl methyl sites for hydroxylation is 1. The summed E-state index contributed by atoms with van der Waals surface area (Å²) in [6, 6.07) is 15.7. The van der Waals surface area contributed by atoms with Crippen LogP contribution in [-0.2, 0) is 17.6 Å². The molecule has 8 heteroatoms. The van der Waals surface area contributed by atoms with Crippen molar-refractivity contribution in [2.75, 3.05) is 26.5 Å². The second-order valence-electron chi connectivity index (χ2n) is 6.50. The van der Waals surface area contributed by atoms with E-state index in [0.29, 0.717) is 29.6 Å². The van der Waals surface area contributed by atoms with Gasteiger partial charge >= 0.3 is 0 Å². The molecule has 158 valence electrons. The van der Waals surface area contributed by atoms with E-state index in [1.807, 2.05) is 60.0 Å². The van der Waals surface area contributed by atoms with Gasteiger partial charge in [0.1, 0.15) is 5.82 Å². The van der Waals surface area contributed by atoms with Gasteiger partial charge in [0, 0.05) is 18.7 Å². The standard InChI is InChI=1S/C22H26N4O3S/c1-4-20-24-25-22(26(20)17-8-6-5-7-9-17)30-15-21(27)23-13-12-16-10-11-18(28-2)19(14-16)29-3/h5-11,14H,4,12-13,15H2,1-3H3,(H,23,27). The summed E-state index contributed by atoms with van der Waals surface area (Å²) >= 11 is 1.38. The lowest BCUT2D eigenvalue weighted by Crippen LogP contribution is -2.27. The molecule has 0 fully saturated rings. The Bertz CT molecular complexity index is 976. The Morgan fingerprint density at radius 2 is 1.83 bits per heavy atom. The van der Waals surface area contributed by atoms with Crippen molar-refractivity contribution in [3.05, 3.63) is 59.9 Å². The predicted molar refractivity (Wildman–Crippen MR) is 118 cm³/mol. The Balaban J connectivity index is 1.54. The number of thioether (sulfide) groups is 1. The van der Waals surface area contributed by atoms with Crippen LogP contribution in [0.25, 0.3) is 5.69 Å². The maximum atomic E-state index is 12.3. The summed E-state index contributed by atoms with van der Waals surface area (Å²) in [5.41, 5.74) is 2.06. The first-order valence-corrected chi connectivity index (χ1v) is 10.7. The lowest BCUT2D eigenvalue weighted by molar-refractivity contribution is -0.118. The van der Waals surface area contributed by atoms with Crippen LogP contribution in [0.4, 0.5) is 0 Å². The van der Waals surface area contributed by atoms with E-state index in [1.54, 1.807) is 14.2 Å². The highest BCUT2D eigenvalue weighted by atomic mass is 32.2. The molecule has 0 saturated heterocycles. The van der Waals surface area contributed by atoms with Crippen LogP contribution in [0.2, 0.25) is 0 Å². The van der Waals surface area contributed by atoms with Gasteiger partial charge in [-0.15, -0.1) is 10.2 Å². The Hall–Kier alpha value is -3.00. The maximum Gasteiger partial charge on any atom is 0.230 e. The largest absolute Gasteiger partial charge is 0.493 e. The molecule has 0 radical (unpaired) electrons. The second kappa shape index (κ2) is 10.7. The molecule has 0 aliphatic rings. The number of nitrogens with zero attached hydrogens (tertiary/aromatic N) is 3. The molecule has 0 spiro atoms. The number of aromatic nitrogens is 3. The van der Waals surface area contributed by atoms with Crippen molar-refractivity contribution in [1.29, 1.82) is 0 Å². The van der Waals surface area contributed by atoms with E-state index in [0.717, 1.165) is 23.5 Å². The van der Waals surface area contributed by atoms with Gasteiger partial charge in [-0.05, 0) is 36.2 Å². The molecule has 0 bridgehead atoms. The molecule has 1 aromatic heterocycles. The van der Waals surface area contributed by atoms with E-state index < -0.39 is 0 Å². The van der Waals surface area contributed by atoms with Crippen molar-refractivity contribution in [1.82, 2.24) is 20.1 Å². The molecule has 1 amide bonds. The monoisotopic (exact) mass is 426 g/mol. The second-order valence-corrected chi connectivity index (χ2v) is 7.44. The lowest BCUT2D eigenvalue weighted by Gasteiger charge is -2.10. The molecule has 3 rings (SSSR count). The highest BCUT2D eigenvalue weighted by Crippen LogP contribution is 2.27. The van der Waals surface area contributed by atoms with Crippen LogP contribution in [0.5, 0.6) is 11.5 Å². The number of benzene rings is 2. The summed E-state index contributed by atoms with van der Waals surface area (Å²) < 4.78 is 12.6. The van der Waals surface area contributed by atoms with E-state index in [2.05, 4.69) is 15.5 Å². The van der Waals surface area contributed by atoms with Crippen LogP contribution in [-0.4, -0.2) is 47.2 Å². The molecule has 1 N–H and O–H groups in total. The summed E-state index contributed by atoms with van der Waals surface area (Å²) in [7, 11) is 3.22. The first kappa shape index (κ1) is 21.7. The number of carbonyl (C=O) groups excluding carboxylic acids is 1. The van der Waals surface area contributed by atoms with Crippen LogP contribution in [0.15, 0.2) is 53.7 Å². The van der Waals surface area contributed by atoms with Gasteiger partial charge in [-0.2, -0.15) is 0 Å². The first-order valence-electron chi connectivity index (χ1n) is 9.76. The predicted octanol–water partition coefficient (Wildman–Crippen LogP) is 3.30. The van der Waals surface area contributed by atoms with E-state index in [1.165, 1.54) is 11.8 Å². The Morgan fingerprint density at radius 1 is 1.07 bits per heavy atom. The van der Waals surface area contributed by atoms with Crippen LogP contribution < -0.4 is 14.8 Å². The zero-order valence-electron chi connectivity index (χ0n) is 17.4. The van der Waals surface area contributed by atoms with Crippen LogP contribution >= 0.6 is 11.8 Å². The highest BCUT2D eigenvalue weighted by molar-refractivity contribution is 7.99. The molecule has 30 heavy (non-hydrogen) atoms. The molecule has 0 unspecified atom stereocenters. The maximum absolute atomic E-state index is 12.3. The van der Waals surface area contributed by atoms with Crippen molar-refractivity contribution in [2.45, 2.75) is 24.9 Å². The fourth-order valence-corrected chi connectivity index (χ4v) is 3.82. The number of rotatable bonds is 10. The van der Waals surface area contributed by atoms with Gasteiger partial charge in [0.25, 0.3) is 0 Å². The number of hydrogen-bond donors (Lipinski definition) is 1. The van der Waals surface area contributed by atoms with Crippen molar-refractivity contribution >= 4 is 17.7 Å². The number of carbonyl (C=O) groups is 1. The van der Waals surface area contributed by atoms with E-state index in [4.69, 9.17) is 9.47 Å². The van der Waals surface area contributed by atoms with Crippen molar-refractivity contribution in [2.24, 2.45) is 0 Å². The summed E-state index contributed by atoms with van der Waals surface area (Å²) in [4.78, 5) is 12.3. The van der Waals surface area contributed by atoms with Gasteiger partial charge in [-0.3, -0.25) is 9.36 Å². The minimum absolute atomic E-state index is 0.0406. The van der Waals surface area contributed by atoms with Gasteiger partial charge in [0.05, 0.1) is 20.0 Å². The van der Waals surface area contributed by atoms with E-state index in [-0.39, 0.29) is 11.7 Å². The summed E-state index contributed by atoms with van der Waals surface area (Å²) in [6.45, 7) is 2.58. The van der Waals surface area contributed by atoms with Gasteiger partial charge < -0.3 is 14.8 Å². The minimum atomic E-state index is -0.0406. The fraction of sp³-hybridized carbons (Fsp3) is 0.318. The van der Waals surface area contributed by atoms with Gasteiger partial charge in [-0.25, -0.2) is 0 Å². The smallest absolute Gasteiger partial charge is 0.230 e. The van der Waals surface area contributed by atoms with Crippen molar-refractivity contribution in [3.8, 4) is 17.2 Å². The summed E-state index contributed by atoms with van der Waals surface area (Å²) in [6.07, 6.45) is 1.47. The quantitative estimate of drug-likeness (QED) is 0.501. The zero-order valence-corrected chi connectivity index (χ0v) is 18.2. The van der Waals surface area contributed by atoms with E-state index in [9.17, 15) is 4.79 Å². The normalized spacial score (nSPS) is 10.6. The van der Waals surface area contributed by atoms with Gasteiger partial charge in [0.15, 0.2) is 16.7 Å². The topological polar surface area (TPSA) is 78.3 Å². The molecule has 0 atom stereocenters. The van der Waals surface area contributed by atoms with E-state index >= 15 is 0 Å². The molecule has 0 saturated carbocycles. The molecular weight excluding hydrogens is 400 g/mol. The molecule has 2 aromatic carbocycles. The third kappa shape index (κ3) is 5.33. The van der Waals surface area contributed by atoms with Gasteiger partial charge in [-0.1, -0.05) is 43.0 Å². The SMILES string of the molecule is CCc1nnc(SCC(=O)NCCc2ccc(OC)c(OC)c2)n1-c1ccccc1. The van der Waals surface area contributed by atoms with Crippen LogP contribution in [0.1, 0.15) is 18.3 Å². The zero-order chi connectivity index (χ0) is 21.3. The van der Waals surface area contributed by atoms with Crippen LogP contribution in [0, 0.1) is 0 Å². The number of para-hydroxylation sites is 1. The number of amides is 1. The lowest BCUT2D eigenvalue weighted by atomic mass is 10.1. The molecular formula is C22H26N4O3S. The number of hydrogen-bond acceptors (Lipinski definition) is 6. The third-order valence-corrected chi connectivity index (χ3v) is 5.48. The van der Waals surface area contributed by atoms with Crippen molar-refractivity contribution in [3.63, 3.8) is 0 Å². The molecule has 7 nitrogen and oxygen atoms in total. The Labute approximate surface area is 180 Å². The highest BCUT2D eigenvalue weighted by Gasteiger charge is 2.14. The fourth-order valence-electron chi connectivity index (χ4n) is 3.02. The average Bonchev–Trinajstić information content (AvgIpc) is 3.21. The average molecular weight is 427 g/mol. The molecule has 1 heterocycles. The Morgan fingerprint density at radius 3 is 2.53 bits per heavy atom. The summed E-state index contributed by atoms with van der Waals surface area (Å²) in [5, 5.41) is 12.2. The van der Waals surface area contributed by atoms with Crippen molar-refractivity contribution < 1.29 is 14.3 Å².